The summed E-state index contributed by atoms with van der Waals surface area (Å²) in [7, 11) is 2.02. The number of hydrogen-bond donors (Lipinski definition) is 0. The minimum absolute atomic E-state index is 1.06. The molecule has 0 aromatic carbocycles. The van der Waals surface area contributed by atoms with Crippen molar-refractivity contribution in [2.45, 2.75) is 20.3 Å². The molecule has 3 nitrogen and oxygen atoms in total. The van der Waals surface area contributed by atoms with E-state index in [4.69, 9.17) is 4.52 Å². The van der Waals surface area contributed by atoms with E-state index in [2.05, 4.69) is 37.0 Å². The van der Waals surface area contributed by atoms with Gasteiger partial charge in [-0.15, -0.1) is 0 Å². The van der Waals surface area contributed by atoms with Crippen LogP contribution in [0.3, 0.4) is 0 Å². The third kappa shape index (κ3) is 5.22. The predicted molar refractivity (Wildman–Crippen MR) is 63.2 cm³/mol. The third-order valence-electron chi connectivity index (χ3n) is 2.04. The molecule has 0 radical (unpaired) electrons. The van der Waals surface area contributed by atoms with Crippen molar-refractivity contribution in [1.29, 1.82) is 0 Å². The van der Waals surface area contributed by atoms with Gasteiger partial charge in [-0.3, -0.25) is 0 Å². The summed E-state index contributed by atoms with van der Waals surface area (Å²) in [6.45, 7) is 9.46. The van der Waals surface area contributed by atoms with E-state index in [0.717, 1.165) is 18.8 Å². The molecule has 0 atom stereocenters. The maximum absolute atomic E-state index is 5.36. The van der Waals surface area contributed by atoms with Gasteiger partial charge in [-0.25, -0.2) is 0 Å². The van der Waals surface area contributed by atoms with Crippen molar-refractivity contribution in [1.82, 2.24) is 4.90 Å². The first kappa shape index (κ1) is 12.9. The van der Waals surface area contributed by atoms with Gasteiger partial charge in [-0.2, -0.15) is 0 Å². The second kappa shape index (κ2) is 5.56. The molecule has 0 N–H and O–H groups in total. The Balaban J connectivity index is 4.30. The molecule has 0 rings (SSSR count). The van der Waals surface area contributed by atoms with Gasteiger partial charge in [0, 0.05) is 0 Å². The van der Waals surface area contributed by atoms with Crippen LogP contribution in [0.5, 0.6) is 0 Å². The Kier molecular flexibility index (Phi) is 5.50. The zero-order chi connectivity index (χ0) is 10.5. The number of hydrogen-bond acceptors (Lipinski definition) is 2. The number of nitrogens with zero attached hydrogens (tertiary/aromatic N) is 2. The first-order chi connectivity index (χ1) is 5.93. The summed E-state index contributed by atoms with van der Waals surface area (Å²) in [5.74, 6) is 1.08. The second-order valence-corrected chi connectivity index (χ2v) is 7.26. The Morgan fingerprint density at radius 2 is 2.00 bits per heavy atom. The molecule has 0 bridgehead atoms. The molecule has 0 saturated carbocycles. The van der Waals surface area contributed by atoms with Gasteiger partial charge < -0.3 is 0 Å². The van der Waals surface area contributed by atoms with Crippen molar-refractivity contribution in [3.05, 3.63) is 0 Å². The Labute approximate surface area is 82.7 Å². The molecule has 0 saturated heterocycles. The molecular weight excluding hydrogens is 183 g/mol. The molecule has 0 unspecified atom stereocenters. The van der Waals surface area contributed by atoms with Crippen molar-refractivity contribution in [2.75, 3.05) is 34.0 Å². The normalized spacial score (nSPS) is 14.5. The summed E-state index contributed by atoms with van der Waals surface area (Å²) in [5, 5.41) is 0. The van der Waals surface area contributed by atoms with E-state index in [0.29, 0.717) is 0 Å². The summed E-state index contributed by atoms with van der Waals surface area (Å²) in [6.07, 6.45) is 1.15. The fraction of sp³-hybridized carbons (Fsp3) is 0.889. The van der Waals surface area contributed by atoms with Crippen LogP contribution in [0.2, 0.25) is 0 Å². The van der Waals surface area contributed by atoms with E-state index in [1.807, 2.05) is 6.92 Å². The monoisotopic (exact) mass is 206 g/mol. The van der Waals surface area contributed by atoms with Gasteiger partial charge in [0.25, 0.3) is 0 Å². The van der Waals surface area contributed by atoms with Crippen LogP contribution in [0, 0.1) is 0 Å². The molecule has 0 aromatic rings. The van der Waals surface area contributed by atoms with Crippen LogP contribution < -0.4 is 0 Å². The quantitative estimate of drug-likeness (QED) is 0.400. The van der Waals surface area contributed by atoms with Gasteiger partial charge in [0.15, 0.2) is 0 Å². The topological polar surface area (TPSA) is 24.8 Å². The standard InChI is InChI=1S/C9H23N2OP/c1-7-8-11(3)9(2)10-13(5,6)12-4/h13H,7-8H2,1-6H3/b10-9-. The predicted octanol–water partition coefficient (Wildman–Crippen LogP) is 2.23. The van der Waals surface area contributed by atoms with Gasteiger partial charge >= 0.3 is 82.0 Å². The van der Waals surface area contributed by atoms with Gasteiger partial charge in [-0.05, 0) is 0 Å². The Bertz CT molecular complexity index is 180. The molecule has 0 spiro atoms. The zero-order valence-electron chi connectivity index (χ0n) is 9.72. The van der Waals surface area contributed by atoms with Gasteiger partial charge in [0.2, 0.25) is 0 Å². The minimum atomic E-state index is -1.79. The van der Waals surface area contributed by atoms with E-state index in [1.165, 1.54) is 0 Å². The van der Waals surface area contributed by atoms with Crippen molar-refractivity contribution in [2.24, 2.45) is 4.76 Å². The van der Waals surface area contributed by atoms with Crippen LogP contribution in [-0.2, 0) is 4.52 Å². The van der Waals surface area contributed by atoms with Gasteiger partial charge in [0.1, 0.15) is 0 Å². The second-order valence-electron chi connectivity index (χ2n) is 3.73. The molecule has 0 aliphatic rings. The van der Waals surface area contributed by atoms with Crippen molar-refractivity contribution >= 4 is 13.5 Å². The molecular formula is C9H23N2OP. The molecule has 0 aliphatic heterocycles. The summed E-state index contributed by atoms with van der Waals surface area (Å²) >= 11 is 0. The summed E-state index contributed by atoms with van der Waals surface area (Å²) in [6, 6.07) is 0. The maximum atomic E-state index is 5.36. The van der Waals surface area contributed by atoms with E-state index in [9.17, 15) is 0 Å². The van der Waals surface area contributed by atoms with Crippen LogP contribution in [0.1, 0.15) is 20.3 Å². The Morgan fingerprint density at radius 1 is 1.46 bits per heavy atom. The Morgan fingerprint density at radius 3 is 2.38 bits per heavy atom. The number of rotatable bonds is 4. The average Bonchev–Trinajstić information content (AvgIpc) is 2.04. The Hall–Kier alpha value is -0.140. The third-order valence-corrected chi connectivity index (χ3v) is 3.90. The SMILES string of the molecule is CCCN(C)/C(C)=N\[PH](C)(C)OC. The first-order valence-corrected chi connectivity index (χ1v) is 7.61. The summed E-state index contributed by atoms with van der Waals surface area (Å²) < 4.78 is 9.97. The van der Waals surface area contributed by atoms with Crippen molar-refractivity contribution in [3.63, 3.8) is 0 Å². The molecule has 80 valence electrons. The van der Waals surface area contributed by atoms with Crippen LogP contribution in [0.25, 0.3) is 0 Å². The fourth-order valence-corrected chi connectivity index (χ4v) is 2.06. The van der Waals surface area contributed by atoms with Crippen LogP contribution in [0.15, 0.2) is 4.76 Å². The molecule has 0 amide bonds. The molecule has 0 aliphatic carbocycles. The van der Waals surface area contributed by atoms with Crippen molar-refractivity contribution < 1.29 is 4.52 Å². The number of amidine groups is 1. The van der Waals surface area contributed by atoms with E-state index in [1.54, 1.807) is 7.11 Å². The molecule has 13 heavy (non-hydrogen) atoms. The van der Waals surface area contributed by atoms with Crippen molar-refractivity contribution in [3.8, 4) is 0 Å². The molecule has 0 aromatic heterocycles. The molecule has 4 heteroatoms. The summed E-state index contributed by atoms with van der Waals surface area (Å²) in [4.78, 5) is 2.17. The van der Waals surface area contributed by atoms with Crippen LogP contribution in [0.4, 0.5) is 0 Å². The van der Waals surface area contributed by atoms with Crippen LogP contribution in [-0.4, -0.2) is 44.8 Å². The molecule has 0 fully saturated rings. The van der Waals surface area contributed by atoms with E-state index < -0.39 is 7.64 Å². The van der Waals surface area contributed by atoms with E-state index in [-0.39, 0.29) is 0 Å². The van der Waals surface area contributed by atoms with Gasteiger partial charge in [0.05, 0.1) is 0 Å². The average molecular weight is 206 g/mol. The molecule has 0 heterocycles. The zero-order valence-corrected chi connectivity index (χ0v) is 10.7. The fourth-order valence-electron chi connectivity index (χ4n) is 1.02. The van der Waals surface area contributed by atoms with E-state index >= 15 is 0 Å². The van der Waals surface area contributed by atoms with Crippen LogP contribution >= 0.6 is 7.64 Å². The summed E-state index contributed by atoms with van der Waals surface area (Å²) in [5.41, 5.74) is 0. The van der Waals surface area contributed by atoms with Gasteiger partial charge in [-0.1, -0.05) is 0 Å². The first-order valence-electron chi connectivity index (χ1n) is 4.75.